The standard InChI is InChI=1S/C42H24N2/c1-3-11-25(12-4-1)27-19-21-31-35(23-27)43-33-17-9-7-15-29(33)38-40-32-22-20-28(26-13-5-2-6-14-26)24-36(32)44-34-18-10-8-16-30(34)37(42(40)44)39(31)41(38)43/h1-24H. The third kappa shape index (κ3) is 2.63. The van der Waals surface area contributed by atoms with Crippen LogP contribution in [0.25, 0.3) is 98.4 Å². The van der Waals surface area contributed by atoms with Crippen LogP contribution in [0.4, 0.5) is 0 Å². The van der Waals surface area contributed by atoms with Crippen molar-refractivity contribution in [2.75, 3.05) is 0 Å². The molecule has 0 aliphatic carbocycles. The minimum Gasteiger partial charge on any atom is -0.308 e. The van der Waals surface area contributed by atoms with Gasteiger partial charge in [0.2, 0.25) is 0 Å². The molecule has 0 saturated carbocycles. The van der Waals surface area contributed by atoms with E-state index in [2.05, 4.69) is 154 Å². The van der Waals surface area contributed by atoms with Gasteiger partial charge in [0.25, 0.3) is 0 Å². The van der Waals surface area contributed by atoms with E-state index in [9.17, 15) is 0 Å². The maximum atomic E-state index is 2.54. The molecule has 44 heavy (non-hydrogen) atoms. The van der Waals surface area contributed by atoms with Crippen molar-refractivity contribution in [3.05, 3.63) is 146 Å². The number of nitrogens with zero attached hydrogens (tertiary/aromatic N) is 2. The molecule has 0 N–H and O–H groups in total. The Kier molecular flexibility index (Phi) is 4.10. The van der Waals surface area contributed by atoms with Gasteiger partial charge in [0.1, 0.15) is 0 Å². The molecule has 4 heterocycles. The average molecular weight is 557 g/mol. The van der Waals surface area contributed by atoms with E-state index >= 15 is 0 Å². The van der Waals surface area contributed by atoms with Gasteiger partial charge in [-0.1, -0.05) is 121 Å². The lowest BCUT2D eigenvalue weighted by Crippen LogP contribution is -1.82. The summed E-state index contributed by atoms with van der Waals surface area (Å²) in [7, 11) is 0. The highest BCUT2D eigenvalue weighted by atomic mass is 14.9. The van der Waals surface area contributed by atoms with Crippen LogP contribution < -0.4 is 0 Å². The summed E-state index contributed by atoms with van der Waals surface area (Å²) in [6.07, 6.45) is 0. The number of rotatable bonds is 2. The molecule has 0 bridgehead atoms. The molecule has 2 nitrogen and oxygen atoms in total. The minimum absolute atomic E-state index is 1.24. The second-order valence-corrected chi connectivity index (χ2v) is 12.1. The molecule has 0 amide bonds. The molecule has 0 fully saturated rings. The first-order valence-corrected chi connectivity index (χ1v) is 15.3. The second kappa shape index (κ2) is 7.94. The van der Waals surface area contributed by atoms with Crippen molar-refractivity contribution in [1.82, 2.24) is 8.80 Å². The zero-order valence-electron chi connectivity index (χ0n) is 23.8. The molecule has 7 aromatic carbocycles. The van der Waals surface area contributed by atoms with Gasteiger partial charge >= 0.3 is 0 Å². The molecule has 11 aromatic rings. The molecular formula is C42H24N2. The number of hydrogen-bond acceptors (Lipinski definition) is 0. The van der Waals surface area contributed by atoms with Crippen molar-refractivity contribution in [2.45, 2.75) is 0 Å². The number of para-hydroxylation sites is 2. The van der Waals surface area contributed by atoms with Crippen LogP contribution in [-0.4, -0.2) is 8.80 Å². The molecular weight excluding hydrogens is 532 g/mol. The van der Waals surface area contributed by atoms with Crippen molar-refractivity contribution >= 4 is 76.2 Å². The summed E-state index contributed by atoms with van der Waals surface area (Å²) >= 11 is 0. The second-order valence-electron chi connectivity index (χ2n) is 12.1. The van der Waals surface area contributed by atoms with Gasteiger partial charge in [-0.05, 0) is 46.5 Å². The fourth-order valence-corrected chi connectivity index (χ4v) is 8.20. The van der Waals surface area contributed by atoms with Crippen LogP contribution in [-0.2, 0) is 0 Å². The summed E-state index contributed by atoms with van der Waals surface area (Å²) in [5.74, 6) is 0. The van der Waals surface area contributed by atoms with Crippen LogP contribution >= 0.6 is 0 Å². The van der Waals surface area contributed by atoms with Crippen LogP contribution in [0.2, 0.25) is 0 Å². The minimum atomic E-state index is 1.24. The van der Waals surface area contributed by atoms with Crippen LogP contribution in [0.15, 0.2) is 146 Å². The lowest BCUT2D eigenvalue weighted by atomic mass is 9.96. The Hall–Kier alpha value is -5.86. The Morgan fingerprint density at radius 1 is 0.273 bits per heavy atom. The average Bonchev–Trinajstić information content (AvgIpc) is 3.81. The van der Waals surface area contributed by atoms with E-state index in [0.717, 1.165) is 0 Å². The van der Waals surface area contributed by atoms with Gasteiger partial charge in [-0.3, -0.25) is 0 Å². The van der Waals surface area contributed by atoms with E-state index < -0.39 is 0 Å². The number of benzene rings is 7. The Balaban J connectivity index is 1.43. The van der Waals surface area contributed by atoms with Gasteiger partial charge in [-0.15, -0.1) is 0 Å². The largest absolute Gasteiger partial charge is 0.308 e. The van der Waals surface area contributed by atoms with Gasteiger partial charge in [-0.25, -0.2) is 0 Å². The predicted molar refractivity (Wildman–Crippen MR) is 187 cm³/mol. The van der Waals surface area contributed by atoms with E-state index in [1.54, 1.807) is 0 Å². The summed E-state index contributed by atoms with van der Waals surface area (Å²) in [5, 5.41) is 10.7. The monoisotopic (exact) mass is 556 g/mol. The third-order valence-corrected chi connectivity index (χ3v) is 9.95. The van der Waals surface area contributed by atoms with Gasteiger partial charge in [0.15, 0.2) is 0 Å². The maximum absolute atomic E-state index is 2.54. The normalized spacial score (nSPS) is 12.5. The van der Waals surface area contributed by atoms with Crippen LogP contribution in [0, 0.1) is 0 Å². The third-order valence-electron chi connectivity index (χ3n) is 9.95. The Morgan fingerprint density at radius 2 is 0.636 bits per heavy atom. The lowest BCUT2D eigenvalue weighted by Gasteiger charge is -2.05. The molecule has 4 aromatic heterocycles. The SMILES string of the molecule is c1ccc(-c2ccc3c4c5c6ccccc6n6c7cc(-c8ccccc8)ccc7c(c7c8ccccc8n(c3c2)c74)c56)cc1. The Morgan fingerprint density at radius 3 is 1.07 bits per heavy atom. The molecule has 11 rings (SSSR count). The van der Waals surface area contributed by atoms with Gasteiger partial charge in [-0.2, -0.15) is 0 Å². The van der Waals surface area contributed by atoms with Gasteiger partial charge in [0, 0.05) is 43.1 Å². The first-order chi connectivity index (χ1) is 21.9. The molecule has 0 aliphatic rings. The molecule has 2 heteroatoms. The van der Waals surface area contributed by atoms with Crippen molar-refractivity contribution < 1.29 is 0 Å². The summed E-state index contributed by atoms with van der Waals surface area (Å²) in [4.78, 5) is 0. The van der Waals surface area contributed by atoms with Crippen molar-refractivity contribution in [2.24, 2.45) is 0 Å². The topological polar surface area (TPSA) is 8.82 Å². The summed E-state index contributed by atoms with van der Waals surface area (Å²) < 4.78 is 5.08. The van der Waals surface area contributed by atoms with Crippen LogP contribution in [0.5, 0.6) is 0 Å². The lowest BCUT2D eigenvalue weighted by molar-refractivity contribution is 1.37. The van der Waals surface area contributed by atoms with E-state index in [-0.39, 0.29) is 0 Å². The Labute approximate surface area is 252 Å². The molecule has 0 radical (unpaired) electrons. The van der Waals surface area contributed by atoms with Gasteiger partial charge < -0.3 is 8.80 Å². The van der Waals surface area contributed by atoms with Crippen molar-refractivity contribution in [3.63, 3.8) is 0 Å². The highest BCUT2D eigenvalue weighted by Gasteiger charge is 2.28. The molecule has 202 valence electrons. The summed E-state index contributed by atoms with van der Waals surface area (Å²) in [6, 6.07) is 53.5. The number of fused-ring (bicyclic) bond motifs is 14. The number of hydrogen-bond donors (Lipinski definition) is 0. The fourth-order valence-electron chi connectivity index (χ4n) is 8.20. The molecule has 0 spiro atoms. The predicted octanol–water partition coefficient (Wildman–Crippen LogP) is 11.3. The zero-order valence-corrected chi connectivity index (χ0v) is 23.8. The molecule has 0 aliphatic heterocycles. The summed E-state index contributed by atoms with van der Waals surface area (Å²) in [5.41, 5.74) is 12.7. The highest BCUT2D eigenvalue weighted by Crippen LogP contribution is 2.52. The van der Waals surface area contributed by atoms with Crippen LogP contribution in [0.3, 0.4) is 0 Å². The highest BCUT2D eigenvalue weighted by molar-refractivity contribution is 6.45. The van der Waals surface area contributed by atoms with E-state index in [0.29, 0.717) is 0 Å². The van der Waals surface area contributed by atoms with E-state index in [1.165, 1.54) is 98.4 Å². The Bertz CT molecular complexity index is 2700. The first kappa shape index (κ1) is 22.7. The van der Waals surface area contributed by atoms with E-state index in [4.69, 9.17) is 0 Å². The maximum Gasteiger partial charge on any atom is 0.0634 e. The first-order valence-electron chi connectivity index (χ1n) is 15.3. The quantitative estimate of drug-likeness (QED) is 0.200. The van der Waals surface area contributed by atoms with E-state index in [1.807, 2.05) is 0 Å². The zero-order chi connectivity index (χ0) is 28.5. The molecule has 0 unspecified atom stereocenters. The smallest absolute Gasteiger partial charge is 0.0634 e. The van der Waals surface area contributed by atoms with Crippen LogP contribution in [0.1, 0.15) is 0 Å². The summed E-state index contributed by atoms with van der Waals surface area (Å²) in [6.45, 7) is 0. The van der Waals surface area contributed by atoms with Gasteiger partial charge in [0.05, 0.1) is 33.1 Å². The molecule has 0 atom stereocenters. The van der Waals surface area contributed by atoms with Crippen molar-refractivity contribution in [3.8, 4) is 22.3 Å². The van der Waals surface area contributed by atoms with Crippen molar-refractivity contribution in [1.29, 1.82) is 0 Å². The fraction of sp³-hybridized carbons (Fsp3) is 0. The number of aromatic nitrogens is 2. The molecule has 0 saturated heterocycles.